The third-order valence-electron chi connectivity index (χ3n) is 3.99. The highest BCUT2D eigenvalue weighted by Gasteiger charge is 2.20. The average molecular weight is 283 g/mol. The summed E-state index contributed by atoms with van der Waals surface area (Å²) in [6, 6.07) is 14.3. The normalized spacial score (nSPS) is 17.7. The minimum absolute atomic E-state index is 0.457. The lowest BCUT2D eigenvalue weighted by Gasteiger charge is -2.36. The molecule has 1 saturated heterocycles. The summed E-state index contributed by atoms with van der Waals surface area (Å²) in [7, 11) is 0. The van der Waals surface area contributed by atoms with Gasteiger partial charge in [-0.3, -0.25) is 9.88 Å². The second kappa shape index (κ2) is 6.70. The largest absolute Gasteiger partial charge is 0.387 e. The van der Waals surface area contributed by atoms with Gasteiger partial charge in [0.05, 0.1) is 6.10 Å². The zero-order chi connectivity index (χ0) is 14.5. The first-order valence-corrected chi connectivity index (χ1v) is 7.43. The van der Waals surface area contributed by atoms with E-state index in [1.54, 1.807) is 12.4 Å². The fourth-order valence-electron chi connectivity index (χ4n) is 2.75. The molecule has 0 radical (unpaired) electrons. The summed E-state index contributed by atoms with van der Waals surface area (Å²) in [4.78, 5) is 8.78. The molecule has 0 aliphatic carbocycles. The van der Waals surface area contributed by atoms with Crippen LogP contribution < -0.4 is 4.90 Å². The van der Waals surface area contributed by atoms with Crippen LogP contribution in [0.1, 0.15) is 11.7 Å². The molecule has 1 atom stereocenters. The number of aromatic nitrogens is 1. The summed E-state index contributed by atoms with van der Waals surface area (Å²) in [5, 5.41) is 10.3. The van der Waals surface area contributed by atoms with Gasteiger partial charge in [0.2, 0.25) is 0 Å². The highest BCUT2D eigenvalue weighted by atomic mass is 16.3. The summed E-state index contributed by atoms with van der Waals surface area (Å²) in [5.74, 6) is 0. The van der Waals surface area contributed by atoms with Crippen molar-refractivity contribution >= 4 is 5.69 Å². The maximum atomic E-state index is 10.3. The lowest BCUT2D eigenvalue weighted by atomic mass is 10.1. The number of pyridine rings is 1. The molecule has 110 valence electrons. The van der Waals surface area contributed by atoms with Gasteiger partial charge in [-0.1, -0.05) is 24.3 Å². The molecular formula is C17H21N3O. The molecule has 0 bridgehead atoms. The van der Waals surface area contributed by atoms with Crippen LogP contribution in [0.3, 0.4) is 0 Å². The molecule has 4 nitrogen and oxygen atoms in total. The smallest absolute Gasteiger partial charge is 0.0931 e. The minimum Gasteiger partial charge on any atom is -0.387 e. The van der Waals surface area contributed by atoms with Crippen LogP contribution in [0.2, 0.25) is 0 Å². The Morgan fingerprint density at radius 2 is 1.76 bits per heavy atom. The third-order valence-corrected chi connectivity index (χ3v) is 3.99. The third kappa shape index (κ3) is 3.60. The number of benzene rings is 1. The van der Waals surface area contributed by atoms with Crippen molar-refractivity contribution in [3.8, 4) is 0 Å². The Balaban J connectivity index is 1.52. The lowest BCUT2D eigenvalue weighted by Crippen LogP contribution is -2.47. The van der Waals surface area contributed by atoms with Gasteiger partial charge in [0.15, 0.2) is 0 Å². The van der Waals surface area contributed by atoms with Crippen molar-refractivity contribution in [1.29, 1.82) is 0 Å². The molecular weight excluding hydrogens is 262 g/mol. The number of nitrogens with zero attached hydrogens (tertiary/aromatic N) is 3. The first-order chi connectivity index (χ1) is 10.3. The Kier molecular flexibility index (Phi) is 4.48. The molecule has 1 N–H and O–H groups in total. The van der Waals surface area contributed by atoms with E-state index in [1.807, 2.05) is 18.2 Å². The molecule has 1 unspecified atom stereocenters. The fraction of sp³-hybridized carbons (Fsp3) is 0.353. The van der Waals surface area contributed by atoms with E-state index in [2.05, 4.69) is 39.0 Å². The predicted octanol–water partition coefficient (Wildman–Crippen LogP) is 1.94. The highest BCUT2D eigenvalue weighted by molar-refractivity contribution is 5.46. The van der Waals surface area contributed by atoms with Crippen molar-refractivity contribution in [2.75, 3.05) is 37.6 Å². The van der Waals surface area contributed by atoms with Crippen LogP contribution in [-0.4, -0.2) is 47.7 Å². The Bertz CT molecular complexity index is 538. The minimum atomic E-state index is -0.457. The van der Waals surface area contributed by atoms with Crippen molar-refractivity contribution in [1.82, 2.24) is 9.88 Å². The Hall–Kier alpha value is -1.91. The van der Waals surface area contributed by atoms with E-state index in [1.165, 1.54) is 5.69 Å². The van der Waals surface area contributed by atoms with Crippen LogP contribution in [0, 0.1) is 0 Å². The lowest BCUT2D eigenvalue weighted by molar-refractivity contribution is 0.109. The van der Waals surface area contributed by atoms with Crippen molar-refractivity contribution < 1.29 is 5.11 Å². The molecule has 21 heavy (non-hydrogen) atoms. The Morgan fingerprint density at radius 1 is 1.00 bits per heavy atom. The molecule has 0 saturated carbocycles. The van der Waals surface area contributed by atoms with E-state index in [9.17, 15) is 5.11 Å². The second-order valence-corrected chi connectivity index (χ2v) is 5.43. The number of aliphatic hydroxyl groups excluding tert-OH is 1. The van der Waals surface area contributed by atoms with Gasteiger partial charge >= 0.3 is 0 Å². The van der Waals surface area contributed by atoms with Gasteiger partial charge in [0.1, 0.15) is 0 Å². The molecule has 1 aromatic carbocycles. The molecule has 1 aromatic heterocycles. The summed E-state index contributed by atoms with van der Waals surface area (Å²) in [6.45, 7) is 4.64. The molecule has 2 aromatic rings. The summed E-state index contributed by atoms with van der Waals surface area (Å²) in [5.41, 5.74) is 2.17. The van der Waals surface area contributed by atoms with Crippen LogP contribution in [-0.2, 0) is 0 Å². The molecule has 0 amide bonds. The van der Waals surface area contributed by atoms with E-state index in [0.29, 0.717) is 6.54 Å². The quantitative estimate of drug-likeness (QED) is 0.931. The summed E-state index contributed by atoms with van der Waals surface area (Å²) in [6.07, 6.45) is 3.02. The molecule has 0 spiro atoms. The predicted molar refractivity (Wildman–Crippen MR) is 84.3 cm³/mol. The summed E-state index contributed by atoms with van der Waals surface area (Å²) >= 11 is 0. The number of piperazine rings is 1. The maximum Gasteiger partial charge on any atom is 0.0931 e. The van der Waals surface area contributed by atoms with Crippen molar-refractivity contribution in [3.05, 3.63) is 60.4 Å². The van der Waals surface area contributed by atoms with Gasteiger partial charge in [-0.05, 0) is 18.2 Å². The molecule has 2 heterocycles. The van der Waals surface area contributed by atoms with Gasteiger partial charge in [0.25, 0.3) is 0 Å². The monoisotopic (exact) mass is 283 g/mol. The first-order valence-electron chi connectivity index (χ1n) is 7.43. The number of anilines is 1. The molecule has 1 aliphatic heterocycles. The molecule has 1 fully saturated rings. The number of aliphatic hydroxyl groups is 1. The summed E-state index contributed by atoms with van der Waals surface area (Å²) < 4.78 is 0. The van der Waals surface area contributed by atoms with Crippen molar-refractivity contribution in [2.24, 2.45) is 0 Å². The number of hydrogen-bond acceptors (Lipinski definition) is 4. The number of hydrogen-bond donors (Lipinski definition) is 1. The zero-order valence-electron chi connectivity index (χ0n) is 12.1. The Morgan fingerprint density at radius 3 is 2.43 bits per heavy atom. The van der Waals surface area contributed by atoms with E-state index < -0.39 is 6.10 Å². The van der Waals surface area contributed by atoms with Crippen LogP contribution >= 0.6 is 0 Å². The highest BCUT2D eigenvalue weighted by Crippen LogP contribution is 2.18. The number of rotatable bonds is 4. The standard InChI is InChI=1S/C17H21N3O/c21-17(15-5-4-8-18-13-15)14-19-9-11-20(12-10-19)16-6-2-1-3-7-16/h1-8,13,17,21H,9-12,14H2. The van der Waals surface area contributed by atoms with Crippen molar-refractivity contribution in [2.45, 2.75) is 6.10 Å². The van der Waals surface area contributed by atoms with Gasteiger partial charge in [-0.25, -0.2) is 0 Å². The maximum absolute atomic E-state index is 10.3. The van der Waals surface area contributed by atoms with Crippen LogP contribution in [0.15, 0.2) is 54.9 Å². The van der Waals surface area contributed by atoms with Gasteiger partial charge < -0.3 is 10.0 Å². The number of para-hydroxylation sites is 1. The molecule has 1 aliphatic rings. The van der Waals surface area contributed by atoms with E-state index in [-0.39, 0.29) is 0 Å². The SMILES string of the molecule is OC(CN1CCN(c2ccccc2)CC1)c1cccnc1. The van der Waals surface area contributed by atoms with Crippen LogP contribution in [0.4, 0.5) is 5.69 Å². The number of β-amino-alcohol motifs (C(OH)–C–C–N with tert-alkyl or cyclic N) is 1. The van der Waals surface area contributed by atoms with Crippen molar-refractivity contribution in [3.63, 3.8) is 0 Å². The van der Waals surface area contributed by atoms with Gasteiger partial charge in [-0.2, -0.15) is 0 Å². The van der Waals surface area contributed by atoms with E-state index in [4.69, 9.17) is 0 Å². The average Bonchev–Trinajstić information content (AvgIpc) is 2.57. The first kappa shape index (κ1) is 14.0. The fourth-order valence-corrected chi connectivity index (χ4v) is 2.75. The van der Waals surface area contributed by atoms with Crippen LogP contribution in [0.5, 0.6) is 0 Å². The van der Waals surface area contributed by atoms with E-state index in [0.717, 1.165) is 31.7 Å². The van der Waals surface area contributed by atoms with Gasteiger partial charge in [-0.15, -0.1) is 0 Å². The molecule has 4 heteroatoms. The van der Waals surface area contributed by atoms with Crippen LogP contribution in [0.25, 0.3) is 0 Å². The topological polar surface area (TPSA) is 39.6 Å². The Labute approximate surface area is 125 Å². The molecule has 3 rings (SSSR count). The zero-order valence-corrected chi connectivity index (χ0v) is 12.1. The van der Waals surface area contributed by atoms with Gasteiger partial charge in [0, 0.05) is 56.4 Å². The van der Waals surface area contributed by atoms with E-state index >= 15 is 0 Å². The second-order valence-electron chi connectivity index (χ2n) is 5.43.